The number of anilines is 1. The summed E-state index contributed by atoms with van der Waals surface area (Å²) >= 11 is 11.0. The minimum Gasteiger partial charge on any atom is -0.401 e. The molecule has 0 unspecified atom stereocenters. The first-order valence-electron chi connectivity index (χ1n) is 5.86. The first-order valence-corrected chi connectivity index (χ1v) is 9.94. The molecule has 0 aliphatic rings. The van der Waals surface area contributed by atoms with Crippen molar-refractivity contribution >= 4 is 37.6 Å². The van der Waals surface area contributed by atoms with Crippen molar-refractivity contribution in [3.05, 3.63) is 29.8 Å². The zero-order chi connectivity index (χ0) is 15.8. The highest BCUT2D eigenvalue weighted by molar-refractivity contribution is 6.69. The van der Waals surface area contributed by atoms with Crippen molar-refractivity contribution < 1.29 is 17.6 Å². The number of hydrogen-bond acceptors (Lipinski definition) is 2. The van der Waals surface area contributed by atoms with Gasteiger partial charge in [0, 0.05) is 23.6 Å². The maximum absolute atomic E-state index is 13.4. The third-order valence-electron chi connectivity index (χ3n) is 2.66. The van der Waals surface area contributed by atoms with Crippen LogP contribution in [0.25, 0.3) is 0 Å². The summed E-state index contributed by atoms with van der Waals surface area (Å²) in [5.74, 6) is 0. The van der Waals surface area contributed by atoms with Crippen molar-refractivity contribution in [2.75, 3.05) is 3.94 Å². The number of alkyl halides is 3. The van der Waals surface area contributed by atoms with E-state index in [2.05, 4.69) is 0 Å². The van der Waals surface area contributed by atoms with E-state index >= 15 is 0 Å². The van der Waals surface area contributed by atoms with Crippen LogP contribution in [0.3, 0.4) is 0 Å². The molecular weight excluding hydrogens is 330 g/mol. The van der Waals surface area contributed by atoms with Gasteiger partial charge in [-0.1, -0.05) is 12.1 Å². The molecule has 0 aliphatic carbocycles. The molecule has 0 amide bonds. The van der Waals surface area contributed by atoms with Crippen molar-refractivity contribution in [3.8, 4) is 0 Å². The fourth-order valence-electron chi connectivity index (χ4n) is 1.78. The molecule has 1 rings (SSSR count). The van der Waals surface area contributed by atoms with Crippen LogP contribution < -0.4 is 3.94 Å². The van der Waals surface area contributed by atoms with Gasteiger partial charge in [0.25, 0.3) is 0 Å². The maximum Gasteiger partial charge on any atom is 0.420 e. The van der Waals surface area contributed by atoms with Gasteiger partial charge in [-0.3, -0.25) is 0 Å². The van der Waals surface area contributed by atoms with E-state index in [4.69, 9.17) is 28.0 Å². The van der Waals surface area contributed by atoms with Crippen LogP contribution in [0, 0.1) is 0 Å². The largest absolute Gasteiger partial charge is 0.420 e. The smallest absolute Gasteiger partial charge is 0.401 e. The highest BCUT2D eigenvalue weighted by Gasteiger charge is 2.55. The fourth-order valence-corrected chi connectivity index (χ4v) is 3.47. The molecule has 1 aromatic carbocycles. The average molecular weight is 346 g/mol. The summed E-state index contributed by atoms with van der Waals surface area (Å²) in [7, 11) is -2.40. The molecule has 8 heteroatoms. The van der Waals surface area contributed by atoms with Crippen molar-refractivity contribution in [1.82, 2.24) is 0 Å². The second-order valence-electron chi connectivity index (χ2n) is 5.53. The standard InChI is InChI=1S/C12H16Cl2F3NOSi/c1-11(12(15,16)17,19-20(2,3)4)9-5-7-10(8-6-9)18(13)14/h5-8H,1-4H3/t11-/m0/s1. The zero-order valence-corrected chi connectivity index (χ0v) is 14.1. The number of nitrogens with zero attached hydrogens (tertiary/aromatic N) is 1. The SMILES string of the molecule is C[C@](O[Si](C)(C)C)(c1ccc(N(Cl)Cl)cc1)C(F)(F)F. The molecule has 0 saturated heterocycles. The zero-order valence-electron chi connectivity index (χ0n) is 11.6. The molecule has 0 spiro atoms. The highest BCUT2D eigenvalue weighted by atomic mass is 35.5. The van der Waals surface area contributed by atoms with E-state index < -0.39 is 20.1 Å². The summed E-state index contributed by atoms with van der Waals surface area (Å²) in [5.41, 5.74) is -1.94. The molecule has 1 aromatic rings. The van der Waals surface area contributed by atoms with E-state index in [9.17, 15) is 13.2 Å². The Morgan fingerprint density at radius 2 is 1.50 bits per heavy atom. The highest BCUT2D eigenvalue weighted by Crippen LogP contribution is 2.44. The van der Waals surface area contributed by atoms with Crippen LogP contribution >= 0.6 is 23.6 Å². The van der Waals surface area contributed by atoms with Gasteiger partial charge in [0.05, 0.1) is 5.69 Å². The molecule has 114 valence electrons. The summed E-state index contributed by atoms with van der Waals surface area (Å²) < 4.78 is 46.4. The Morgan fingerprint density at radius 1 is 1.05 bits per heavy atom. The number of benzene rings is 1. The van der Waals surface area contributed by atoms with E-state index in [1.807, 2.05) is 0 Å². The van der Waals surface area contributed by atoms with E-state index in [0.29, 0.717) is 5.69 Å². The minimum atomic E-state index is -4.52. The van der Waals surface area contributed by atoms with Gasteiger partial charge in [-0.15, -0.1) is 0 Å². The summed E-state index contributed by atoms with van der Waals surface area (Å²) in [6.45, 7) is 6.18. The fraction of sp³-hybridized carbons (Fsp3) is 0.500. The van der Waals surface area contributed by atoms with Gasteiger partial charge in [0.1, 0.15) is 0 Å². The topological polar surface area (TPSA) is 12.5 Å². The van der Waals surface area contributed by atoms with Gasteiger partial charge in [0.15, 0.2) is 13.9 Å². The Balaban J connectivity index is 3.25. The lowest BCUT2D eigenvalue weighted by Gasteiger charge is -2.38. The molecule has 0 aliphatic heterocycles. The molecule has 0 saturated carbocycles. The van der Waals surface area contributed by atoms with Crippen LogP contribution in [0.4, 0.5) is 18.9 Å². The number of hydrogen-bond donors (Lipinski definition) is 0. The first kappa shape index (κ1) is 17.6. The van der Waals surface area contributed by atoms with Gasteiger partial charge in [-0.2, -0.15) is 17.1 Å². The maximum atomic E-state index is 13.4. The Bertz CT molecular complexity index is 459. The Hall–Kier alpha value is -0.433. The molecule has 2 nitrogen and oxygen atoms in total. The quantitative estimate of drug-likeness (QED) is 0.532. The van der Waals surface area contributed by atoms with Crippen molar-refractivity contribution in [1.29, 1.82) is 0 Å². The lowest BCUT2D eigenvalue weighted by atomic mass is 9.95. The van der Waals surface area contributed by atoms with Crippen LogP contribution in [-0.2, 0) is 10.0 Å². The summed E-state index contributed by atoms with van der Waals surface area (Å²) in [6, 6.07) is 5.46. The summed E-state index contributed by atoms with van der Waals surface area (Å²) in [4.78, 5) is 0. The van der Waals surface area contributed by atoms with Gasteiger partial charge < -0.3 is 4.43 Å². The monoisotopic (exact) mass is 345 g/mol. The molecule has 0 radical (unpaired) electrons. The third-order valence-corrected chi connectivity index (χ3v) is 4.08. The second kappa shape index (κ2) is 5.75. The Kier molecular flexibility index (Phi) is 5.07. The molecule has 1 atom stereocenters. The molecule has 0 N–H and O–H groups in total. The van der Waals surface area contributed by atoms with E-state index in [0.717, 1.165) is 10.9 Å². The average Bonchev–Trinajstić information content (AvgIpc) is 2.25. The summed E-state index contributed by atoms with van der Waals surface area (Å²) in [5, 5.41) is 0. The van der Waals surface area contributed by atoms with E-state index in [-0.39, 0.29) is 5.56 Å². The van der Waals surface area contributed by atoms with Crippen LogP contribution in [0.5, 0.6) is 0 Å². The Labute approximate surface area is 127 Å². The molecule has 0 heterocycles. The predicted octanol–water partition coefficient (Wildman–Crippen LogP) is 5.43. The number of halogens is 5. The van der Waals surface area contributed by atoms with Gasteiger partial charge >= 0.3 is 6.18 Å². The van der Waals surface area contributed by atoms with Crippen molar-refractivity contribution in [3.63, 3.8) is 0 Å². The summed E-state index contributed by atoms with van der Waals surface area (Å²) in [6.07, 6.45) is -4.52. The van der Waals surface area contributed by atoms with Crippen LogP contribution in [0.2, 0.25) is 19.6 Å². The Morgan fingerprint density at radius 3 is 1.80 bits per heavy atom. The predicted molar refractivity (Wildman–Crippen MR) is 78.5 cm³/mol. The lowest BCUT2D eigenvalue weighted by Crippen LogP contribution is -2.48. The molecule has 20 heavy (non-hydrogen) atoms. The van der Waals surface area contributed by atoms with Crippen LogP contribution in [0.1, 0.15) is 12.5 Å². The first-order chi connectivity index (χ1) is 8.87. The molecular formula is C12H16Cl2F3NOSi. The minimum absolute atomic E-state index is 0.0198. The molecule has 0 fully saturated rings. The van der Waals surface area contributed by atoms with Gasteiger partial charge in [-0.05, 0) is 44.3 Å². The van der Waals surface area contributed by atoms with Crippen molar-refractivity contribution in [2.24, 2.45) is 0 Å². The second-order valence-corrected chi connectivity index (χ2v) is 10.8. The van der Waals surface area contributed by atoms with Crippen LogP contribution in [-0.4, -0.2) is 14.5 Å². The molecule has 0 aromatic heterocycles. The third kappa shape index (κ3) is 4.04. The lowest BCUT2D eigenvalue weighted by molar-refractivity contribution is -0.250. The normalized spacial score (nSPS) is 15.8. The van der Waals surface area contributed by atoms with Gasteiger partial charge in [0.2, 0.25) is 0 Å². The van der Waals surface area contributed by atoms with Crippen LogP contribution in [0.15, 0.2) is 24.3 Å². The molecule has 0 bridgehead atoms. The number of rotatable bonds is 4. The van der Waals surface area contributed by atoms with E-state index in [1.54, 1.807) is 19.6 Å². The van der Waals surface area contributed by atoms with E-state index in [1.165, 1.54) is 24.3 Å². The van der Waals surface area contributed by atoms with Crippen molar-refractivity contribution in [2.45, 2.75) is 38.3 Å². The van der Waals surface area contributed by atoms with Gasteiger partial charge in [-0.25, -0.2) is 0 Å².